The molecule has 0 fully saturated rings. The molecule has 0 unspecified atom stereocenters. The van der Waals surface area contributed by atoms with Gasteiger partial charge in [-0.3, -0.25) is 0 Å². The first-order valence-electron chi connectivity index (χ1n) is 7.23. The maximum Gasteiger partial charge on any atom is 0.145 e. The van der Waals surface area contributed by atoms with E-state index in [4.69, 9.17) is 14.2 Å². The molecule has 0 aliphatic heterocycles. The summed E-state index contributed by atoms with van der Waals surface area (Å²) in [4.78, 5) is 0. The predicted octanol–water partition coefficient (Wildman–Crippen LogP) is 3.57. The minimum Gasteiger partial charge on any atom is -0.497 e. The Hall–Kier alpha value is -2.36. The summed E-state index contributed by atoms with van der Waals surface area (Å²) in [6.07, 6.45) is 0.917. The van der Waals surface area contributed by atoms with E-state index >= 15 is 0 Å². The Labute approximate surface area is 132 Å². The van der Waals surface area contributed by atoms with Gasteiger partial charge in [0.15, 0.2) is 0 Å². The predicted molar refractivity (Wildman–Crippen MR) is 89.0 cm³/mol. The molecule has 2 aromatic rings. The van der Waals surface area contributed by atoms with E-state index in [0.29, 0.717) is 6.61 Å². The monoisotopic (exact) mass is 300 g/mol. The topological polar surface area (TPSA) is 39.7 Å². The summed E-state index contributed by atoms with van der Waals surface area (Å²) >= 11 is 0. The zero-order valence-electron chi connectivity index (χ0n) is 13.1. The van der Waals surface area contributed by atoms with Gasteiger partial charge in [-0.05, 0) is 43.2 Å². The standard InChI is InChI=1S/C18H22NO3/c1-4-22-15-7-5-14(6-8-15)11-12-19-17-10-9-16(20-2)13-18(17)21-3/h5-10,13,19H,1,4,11-12H2,2-3H3. The Morgan fingerprint density at radius 3 is 2.32 bits per heavy atom. The van der Waals surface area contributed by atoms with Gasteiger partial charge in [0.2, 0.25) is 0 Å². The van der Waals surface area contributed by atoms with Crippen LogP contribution in [-0.2, 0) is 6.42 Å². The zero-order chi connectivity index (χ0) is 15.8. The van der Waals surface area contributed by atoms with Gasteiger partial charge in [-0.1, -0.05) is 12.1 Å². The molecule has 4 heteroatoms. The number of hydrogen-bond acceptors (Lipinski definition) is 4. The summed E-state index contributed by atoms with van der Waals surface area (Å²) in [7, 11) is 3.30. The van der Waals surface area contributed by atoms with Crippen LogP contribution in [0.25, 0.3) is 0 Å². The molecule has 0 amide bonds. The van der Waals surface area contributed by atoms with Crippen molar-refractivity contribution in [1.82, 2.24) is 0 Å². The van der Waals surface area contributed by atoms with Crippen LogP contribution >= 0.6 is 0 Å². The zero-order valence-corrected chi connectivity index (χ0v) is 13.1. The summed E-state index contributed by atoms with van der Waals surface area (Å²) in [6.45, 7) is 4.92. The molecule has 1 radical (unpaired) electrons. The average molecular weight is 300 g/mol. The van der Waals surface area contributed by atoms with Crippen LogP contribution in [0.4, 0.5) is 5.69 Å². The molecular formula is C18H22NO3. The van der Waals surface area contributed by atoms with Crippen molar-refractivity contribution >= 4 is 5.69 Å². The van der Waals surface area contributed by atoms with Crippen molar-refractivity contribution in [3.63, 3.8) is 0 Å². The number of hydrogen-bond donors (Lipinski definition) is 1. The van der Waals surface area contributed by atoms with Crippen LogP contribution in [0.5, 0.6) is 17.2 Å². The Morgan fingerprint density at radius 1 is 0.955 bits per heavy atom. The summed E-state index contributed by atoms with van der Waals surface area (Å²) in [5.74, 6) is 2.41. The lowest BCUT2D eigenvalue weighted by molar-refractivity contribution is 0.361. The third-order valence-corrected chi connectivity index (χ3v) is 3.33. The molecule has 0 aliphatic rings. The van der Waals surface area contributed by atoms with Crippen molar-refractivity contribution < 1.29 is 14.2 Å². The van der Waals surface area contributed by atoms with Crippen LogP contribution in [0.2, 0.25) is 0 Å². The van der Waals surface area contributed by atoms with Gasteiger partial charge in [-0.15, -0.1) is 0 Å². The lowest BCUT2D eigenvalue weighted by Gasteiger charge is -2.12. The smallest absolute Gasteiger partial charge is 0.145 e. The van der Waals surface area contributed by atoms with Gasteiger partial charge in [0.05, 0.1) is 26.5 Å². The lowest BCUT2D eigenvalue weighted by Crippen LogP contribution is -2.06. The maximum atomic E-state index is 5.37. The number of anilines is 1. The van der Waals surface area contributed by atoms with Crippen LogP contribution < -0.4 is 19.5 Å². The van der Waals surface area contributed by atoms with Gasteiger partial charge in [0.1, 0.15) is 17.2 Å². The first kappa shape index (κ1) is 16.0. The van der Waals surface area contributed by atoms with Crippen LogP contribution in [-0.4, -0.2) is 27.4 Å². The molecule has 0 aliphatic carbocycles. The molecule has 0 heterocycles. The van der Waals surface area contributed by atoms with Crippen LogP contribution in [0, 0.1) is 6.92 Å². The quantitative estimate of drug-likeness (QED) is 0.809. The van der Waals surface area contributed by atoms with Gasteiger partial charge in [0, 0.05) is 12.6 Å². The third kappa shape index (κ3) is 4.32. The van der Waals surface area contributed by atoms with E-state index in [1.54, 1.807) is 14.2 Å². The fraction of sp³-hybridized carbons (Fsp3) is 0.278. The maximum absolute atomic E-state index is 5.37. The molecule has 0 saturated carbocycles. The third-order valence-electron chi connectivity index (χ3n) is 3.33. The number of benzene rings is 2. The Morgan fingerprint density at radius 2 is 1.68 bits per heavy atom. The molecule has 0 aromatic heterocycles. The molecule has 117 valence electrons. The van der Waals surface area contributed by atoms with Crippen LogP contribution in [0.1, 0.15) is 5.56 Å². The van der Waals surface area contributed by atoms with Crippen molar-refractivity contribution in [1.29, 1.82) is 0 Å². The van der Waals surface area contributed by atoms with E-state index in [0.717, 1.165) is 35.9 Å². The molecule has 0 bridgehead atoms. The van der Waals surface area contributed by atoms with Crippen molar-refractivity contribution in [2.75, 3.05) is 32.7 Å². The highest BCUT2D eigenvalue weighted by molar-refractivity contribution is 5.59. The summed E-state index contributed by atoms with van der Waals surface area (Å²) < 4.78 is 15.9. The van der Waals surface area contributed by atoms with Crippen molar-refractivity contribution in [3.05, 3.63) is 55.0 Å². The Balaban J connectivity index is 1.90. The normalized spacial score (nSPS) is 10.1. The van der Waals surface area contributed by atoms with Crippen molar-refractivity contribution in [2.24, 2.45) is 0 Å². The largest absolute Gasteiger partial charge is 0.497 e. The molecule has 0 saturated heterocycles. The Kier molecular flexibility index (Phi) is 5.95. The second-order valence-corrected chi connectivity index (χ2v) is 4.74. The molecular weight excluding hydrogens is 278 g/mol. The highest BCUT2D eigenvalue weighted by atomic mass is 16.5. The molecule has 22 heavy (non-hydrogen) atoms. The van der Waals surface area contributed by atoms with Crippen molar-refractivity contribution in [3.8, 4) is 17.2 Å². The highest BCUT2D eigenvalue weighted by Gasteiger charge is 2.04. The first-order chi connectivity index (χ1) is 10.8. The fourth-order valence-corrected chi connectivity index (χ4v) is 2.16. The van der Waals surface area contributed by atoms with Crippen molar-refractivity contribution in [2.45, 2.75) is 6.42 Å². The molecule has 2 rings (SSSR count). The van der Waals surface area contributed by atoms with E-state index in [1.165, 1.54) is 5.56 Å². The highest BCUT2D eigenvalue weighted by Crippen LogP contribution is 2.28. The first-order valence-corrected chi connectivity index (χ1v) is 7.23. The van der Waals surface area contributed by atoms with Gasteiger partial charge < -0.3 is 19.5 Å². The molecule has 2 aromatic carbocycles. The van der Waals surface area contributed by atoms with Gasteiger partial charge in [0.25, 0.3) is 0 Å². The van der Waals surface area contributed by atoms with E-state index in [2.05, 4.69) is 24.4 Å². The number of methoxy groups -OCH3 is 2. The summed E-state index contributed by atoms with van der Waals surface area (Å²) in [5, 5.41) is 3.38. The Bertz CT molecular complexity index is 581. The van der Waals surface area contributed by atoms with E-state index in [1.807, 2.05) is 30.3 Å². The lowest BCUT2D eigenvalue weighted by atomic mass is 10.1. The molecule has 4 nitrogen and oxygen atoms in total. The summed E-state index contributed by atoms with van der Waals surface area (Å²) in [6, 6.07) is 13.8. The van der Waals surface area contributed by atoms with Crippen LogP contribution in [0.3, 0.4) is 0 Å². The SMILES string of the molecule is [CH2]COc1ccc(CCNc2ccc(OC)cc2OC)cc1. The number of ether oxygens (including phenoxy) is 3. The van der Waals surface area contributed by atoms with Gasteiger partial charge in [-0.25, -0.2) is 0 Å². The van der Waals surface area contributed by atoms with E-state index in [-0.39, 0.29) is 0 Å². The second kappa shape index (κ2) is 8.17. The molecule has 1 N–H and O–H groups in total. The van der Waals surface area contributed by atoms with Crippen LogP contribution in [0.15, 0.2) is 42.5 Å². The minimum absolute atomic E-state index is 0.443. The van der Waals surface area contributed by atoms with E-state index in [9.17, 15) is 0 Å². The number of nitrogens with one attached hydrogen (secondary N) is 1. The van der Waals surface area contributed by atoms with E-state index < -0.39 is 0 Å². The summed E-state index contributed by atoms with van der Waals surface area (Å²) in [5.41, 5.74) is 2.21. The average Bonchev–Trinajstić information content (AvgIpc) is 2.57. The van der Waals surface area contributed by atoms with Gasteiger partial charge in [-0.2, -0.15) is 0 Å². The second-order valence-electron chi connectivity index (χ2n) is 4.74. The minimum atomic E-state index is 0.443. The van der Waals surface area contributed by atoms with Gasteiger partial charge >= 0.3 is 0 Å². The molecule has 0 spiro atoms. The molecule has 0 atom stereocenters. The number of rotatable bonds is 8. The fourth-order valence-electron chi connectivity index (χ4n) is 2.16.